The van der Waals surface area contributed by atoms with Crippen LogP contribution < -0.4 is 10.7 Å². The van der Waals surface area contributed by atoms with Crippen molar-refractivity contribution >= 4 is 35.6 Å². The van der Waals surface area contributed by atoms with Crippen LogP contribution in [0.15, 0.2) is 70.2 Å². The average Bonchev–Trinajstić information content (AvgIpc) is 3.30. The highest BCUT2D eigenvalue weighted by atomic mass is 35.5. The van der Waals surface area contributed by atoms with Gasteiger partial charge in [0.25, 0.3) is 11.8 Å². The Kier molecular flexibility index (Phi) is 8.21. The molecule has 2 amide bonds. The number of methoxy groups -OCH3 is 1. The van der Waals surface area contributed by atoms with Gasteiger partial charge in [0.1, 0.15) is 17.6 Å². The minimum absolute atomic E-state index is 0.184. The van der Waals surface area contributed by atoms with E-state index in [0.29, 0.717) is 33.2 Å². The molecule has 3 aromatic rings. The number of benzene rings is 2. The molecule has 1 unspecified atom stereocenters. The Balaban J connectivity index is 1.66. The molecule has 0 spiro atoms. The lowest BCUT2D eigenvalue weighted by atomic mass is 10.0. The number of nitrogens with one attached hydrogen (secondary N) is 2. The summed E-state index contributed by atoms with van der Waals surface area (Å²) in [5, 5.41) is 7.16. The van der Waals surface area contributed by atoms with Gasteiger partial charge in [-0.05, 0) is 48.4 Å². The monoisotopic (exact) mass is 481 g/mol. The Hall–Kier alpha value is -3.91. The third kappa shape index (κ3) is 6.11. The van der Waals surface area contributed by atoms with Gasteiger partial charge in [-0.15, -0.1) is 0 Å². The van der Waals surface area contributed by atoms with E-state index in [1.165, 1.54) is 13.3 Å². The number of halogens is 1. The summed E-state index contributed by atoms with van der Waals surface area (Å²) in [5.74, 6) is -0.720. The molecule has 1 atom stereocenters. The lowest BCUT2D eigenvalue weighted by molar-refractivity contribution is -0.123. The van der Waals surface area contributed by atoms with Crippen LogP contribution in [0.5, 0.6) is 0 Å². The molecule has 1 heterocycles. The molecule has 3 rings (SSSR count). The lowest BCUT2D eigenvalue weighted by Crippen LogP contribution is -2.48. The molecule has 0 fully saturated rings. The van der Waals surface area contributed by atoms with Crippen molar-refractivity contribution in [3.63, 3.8) is 0 Å². The van der Waals surface area contributed by atoms with Gasteiger partial charge in [-0.1, -0.05) is 43.6 Å². The third-order valence-corrected chi connectivity index (χ3v) is 5.19. The summed E-state index contributed by atoms with van der Waals surface area (Å²) >= 11 is 5.86. The summed E-state index contributed by atoms with van der Waals surface area (Å²) in [7, 11) is 1.31. The van der Waals surface area contributed by atoms with Crippen molar-refractivity contribution in [1.29, 1.82) is 0 Å². The molecular weight excluding hydrogens is 458 g/mol. The molecule has 34 heavy (non-hydrogen) atoms. The van der Waals surface area contributed by atoms with Gasteiger partial charge >= 0.3 is 5.97 Å². The van der Waals surface area contributed by atoms with Crippen molar-refractivity contribution in [3.05, 3.63) is 82.6 Å². The van der Waals surface area contributed by atoms with Gasteiger partial charge in [-0.2, -0.15) is 5.10 Å². The van der Waals surface area contributed by atoms with Crippen LogP contribution in [0.1, 0.15) is 40.3 Å². The second-order valence-corrected chi connectivity index (χ2v) is 8.11. The van der Waals surface area contributed by atoms with E-state index < -0.39 is 23.8 Å². The number of carbonyl (C=O) groups is 3. The molecule has 9 heteroatoms. The molecule has 2 N–H and O–H groups in total. The fourth-order valence-corrected chi connectivity index (χ4v) is 3.27. The van der Waals surface area contributed by atoms with E-state index in [1.54, 1.807) is 60.7 Å². The Morgan fingerprint density at radius 1 is 1.03 bits per heavy atom. The highest BCUT2D eigenvalue weighted by molar-refractivity contribution is 6.30. The molecule has 0 aliphatic heterocycles. The van der Waals surface area contributed by atoms with Gasteiger partial charge in [-0.3, -0.25) is 9.59 Å². The van der Waals surface area contributed by atoms with Crippen LogP contribution in [-0.4, -0.2) is 37.1 Å². The minimum atomic E-state index is -0.806. The second kappa shape index (κ2) is 11.3. The standard InChI is InChI=1S/C25H24ClN3O5/c1-15(2)22(28-23(30)16-8-10-17(26)11-9-16)24(31)29-27-14-18-12-13-21(34-18)19-6-4-5-7-20(19)25(32)33-3/h4-15,22H,1-3H3,(H,28,30)(H,29,31). The predicted octanol–water partition coefficient (Wildman–Crippen LogP) is 4.29. The molecule has 0 saturated carbocycles. The maximum absolute atomic E-state index is 12.6. The van der Waals surface area contributed by atoms with Gasteiger partial charge in [0.15, 0.2) is 0 Å². The van der Waals surface area contributed by atoms with E-state index >= 15 is 0 Å². The summed E-state index contributed by atoms with van der Waals surface area (Å²) in [4.78, 5) is 37.1. The van der Waals surface area contributed by atoms with Crippen molar-refractivity contribution in [2.24, 2.45) is 11.0 Å². The molecule has 0 aliphatic carbocycles. The van der Waals surface area contributed by atoms with E-state index in [0.717, 1.165) is 0 Å². The summed E-state index contributed by atoms with van der Waals surface area (Å²) in [6.07, 6.45) is 1.33. The van der Waals surface area contributed by atoms with Gasteiger partial charge in [0.2, 0.25) is 0 Å². The first-order valence-electron chi connectivity index (χ1n) is 10.5. The number of hydrogen-bond donors (Lipinski definition) is 2. The Labute approximate surface area is 201 Å². The molecule has 176 valence electrons. The molecule has 0 radical (unpaired) electrons. The number of nitrogens with zero attached hydrogens (tertiary/aromatic N) is 1. The van der Waals surface area contributed by atoms with Crippen LogP contribution in [0.25, 0.3) is 11.3 Å². The van der Waals surface area contributed by atoms with Crippen molar-refractivity contribution in [3.8, 4) is 11.3 Å². The Bertz CT molecular complexity index is 1200. The van der Waals surface area contributed by atoms with Gasteiger partial charge in [-0.25, -0.2) is 10.2 Å². The highest BCUT2D eigenvalue weighted by Gasteiger charge is 2.24. The van der Waals surface area contributed by atoms with Crippen LogP contribution in [-0.2, 0) is 9.53 Å². The molecule has 2 aromatic carbocycles. The molecule has 0 aliphatic rings. The maximum atomic E-state index is 12.6. The lowest BCUT2D eigenvalue weighted by Gasteiger charge is -2.20. The van der Waals surface area contributed by atoms with Crippen molar-refractivity contribution in [1.82, 2.24) is 10.7 Å². The quantitative estimate of drug-likeness (QED) is 0.283. The summed E-state index contributed by atoms with van der Waals surface area (Å²) < 4.78 is 10.5. The average molecular weight is 482 g/mol. The van der Waals surface area contributed by atoms with Crippen LogP contribution in [0.2, 0.25) is 5.02 Å². The van der Waals surface area contributed by atoms with E-state index in [9.17, 15) is 14.4 Å². The Morgan fingerprint density at radius 3 is 2.41 bits per heavy atom. The van der Waals surface area contributed by atoms with E-state index in [4.69, 9.17) is 20.8 Å². The van der Waals surface area contributed by atoms with Crippen LogP contribution in [0, 0.1) is 5.92 Å². The topological polar surface area (TPSA) is 110 Å². The van der Waals surface area contributed by atoms with E-state index in [2.05, 4.69) is 15.8 Å². The molecule has 8 nitrogen and oxygen atoms in total. The van der Waals surface area contributed by atoms with Crippen molar-refractivity contribution in [2.75, 3.05) is 7.11 Å². The number of esters is 1. The SMILES string of the molecule is COC(=O)c1ccccc1-c1ccc(C=NNC(=O)C(NC(=O)c2ccc(Cl)cc2)C(C)C)o1. The number of ether oxygens (including phenoxy) is 1. The van der Waals surface area contributed by atoms with Gasteiger partial charge in [0.05, 0.1) is 18.9 Å². The zero-order valence-electron chi connectivity index (χ0n) is 18.9. The molecule has 1 aromatic heterocycles. The number of furan rings is 1. The van der Waals surface area contributed by atoms with Crippen LogP contribution >= 0.6 is 11.6 Å². The van der Waals surface area contributed by atoms with Crippen LogP contribution in [0.4, 0.5) is 0 Å². The number of carbonyl (C=O) groups excluding carboxylic acids is 3. The number of hydrazone groups is 1. The summed E-state index contributed by atoms with van der Waals surface area (Å²) in [5.41, 5.74) is 3.76. The smallest absolute Gasteiger partial charge is 0.338 e. The summed E-state index contributed by atoms with van der Waals surface area (Å²) in [6.45, 7) is 3.63. The third-order valence-electron chi connectivity index (χ3n) is 4.93. The Morgan fingerprint density at radius 2 is 1.74 bits per heavy atom. The number of rotatable bonds is 8. The zero-order chi connectivity index (χ0) is 24.7. The maximum Gasteiger partial charge on any atom is 0.338 e. The van der Waals surface area contributed by atoms with Crippen LogP contribution in [0.3, 0.4) is 0 Å². The second-order valence-electron chi connectivity index (χ2n) is 7.68. The van der Waals surface area contributed by atoms with Crippen molar-refractivity contribution in [2.45, 2.75) is 19.9 Å². The molecular formula is C25H24ClN3O5. The van der Waals surface area contributed by atoms with Gasteiger partial charge in [0, 0.05) is 16.1 Å². The number of hydrogen-bond acceptors (Lipinski definition) is 6. The first-order valence-corrected chi connectivity index (χ1v) is 10.8. The summed E-state index contributed by atoms with van der Waals surface area (Å²) in [6, 6.07) is 15.8. The van der Waals surface area contributed by atoms with Gasteiger partial charge < -0.3 is 14.5 Å². The fourth-order valence-electron chi connectivity index (χ4n) is 3.14. The predicted molar refractivity (Wildman–Crippen MR) is 129 cm³/mol. The van der Waals surface area contributed by atoms with E-state index in [-0.39, 0.29) is 5.92 Å². The highest BCUT2D eigenvalue weighted by Crippen LogP contribution is 2.26. The number of amides is 2. The zero-order valence-corrected chi connectivity index (χ0v) is 19.6. The normalized spacial score (nSPS) is 11.9. The minimum Gasteiger partial charge on any atom is -0.465 e. The largest absolute Gasteiger partial charge is 0.465 e. The first kappa shape index (κ1) is 24.7. The van der Waals surface area contributed by atoms with Crippen molar-refractivity contribution < 1.29 is 23.5 Å². The molecule has 0 bridgehead atoms. The van der Waals surface area contributed by atoms with E-state index in [1.807, 2.05) is 13.8 Å². The first-order chi connectivity index (χ1) is 16.3. The fraction of sp³-hybridized carbons (Fsp3) is 0.200. The molecule has 0 saturated heterocycles.